The maximum absolute atomic E-state index is 12.3. The molecule has 2 rings (SSSR count). The summed E-state index contributed by atoms with van der Waals surface area (Å²) in [5.41, 5.74) is 0.867. The van der Waals surface area contributed by atoms with Crippen LogP contribution in [-0.4, -0.2) is 46.9 Å². The average molecular weight is 318 g/mol. The van der Waals surface area contributed by atoms with Crippen molar-refractivity contribution in [1.82, 2.24) is 10.2 Å². The number of carbonyl (C=O) groups excluding carboxylic acids is 2. The Morgan fingerprint density at radius 1 is 1.22 bits per heavy atom. The lowest BCUT2D eigenvalue weighted by atomic mass is 9.95. The quantitative estimate of drug-likeness (QED) is 0.850. The molecule has 1 aliphatic heterocycles. The second-order valence-corrected chi connectivity index (χ2v) is 5.87. The predicted molar refractivity (Wildman–Crippen MR) is 84.7 cm³/mol. The van der Waals surface area contributed by atoms with Crippen LogP contribution >= 0.6 is 0 Å². The van der Waals surface area contributed by atoms with Crippen molar-refractivity contribution in [2.75, 3.05) is 13.1 Å². The highest BCUT2D eigenvalue weighted by atomic mass is 16.4. The summed E-state index contributed by atoms with van der Waals surface area (Å²) < 4.78 is 0. The van der Waals surface area contributed by atoms with Gasteiger partial charge in [0.15, 0.2) is 0 Å². The second kappa shape index (κ2) is 7.76. The van der Waals surface area contributed by atoms with Crippen molar-refractivity contribution in [2.45, 2.75) is 32.2 Å². The number of aliphatic carboxylic acids is 1. The first-order valence-corrected chi connectivity index (χ1v) is 7.80. The maximum atomic E-state index is 12.3. The summed E-state index contributed by atoms with van der Waals surface area (Å²) in [4.78, 5) is 36.7. The van der Waals surface area contributed by atoms with Crippen LogP contribution in [0.15, 0.2) is 30.3 Å². The monoisotopic (exact) mass is 318 g/mol. The first-order valence-electron chi connectivity index (χ1n) is 7.80. The number of rotatable bonds is 5. The number of benzene rings is 1. The van der Waals surface area contributed by atoms with Gasteiger partial charge in [0, 0.05) is 32.4 Å². The SMILES string of the molecule is CC(=O)N1CCC(C(=O)N[C@H](Cc2ccccc2)C(=O)O)CC1. The van der Waals surface area contributed by atoms with E-state index in [2.05, 4.69) is 5.32 Å². The molecule has 0 saturated carbocycles. The van der Waals surface area contributed by atoms with Gasteiger partial charge < -0.3 is 15.3 Å². The van der Waals surface area contributed by atoms with E-state index in [-0.39, 0.29) is 24.2 Å². The molecular formula is C17H22N2O4. The van der Waals surface area contributed by atoms with E-state index < -0.39 is 12.0 Å². The molecule has 0 spiro atoms. The van der Waals surface area contributed by atoms with Gasteiger partial charge in [0.05, 0.1) is 0 Å². The number of nitrogens with one attached hydrogen (secondary N) is 1. The zero-order chi connectivity index (χ0) is 16.8. The molecule has 0 aliphatic carbocycles. The third-order valence-corrected chi connectivity index (χ3v) is 4.21. The van der Waals surface area contributed by atoms with Crippen molar-refractivity contribution in [2.24, 2.45) is 5.92 Å². The van der Waals surface area contributed by atoms with Gasteiger partial charge in [-0.05, 0) is 18.4 Å². The van der Waals surface area contributed by atoms with Crippen molar-refractivity contribution in [3.63, 3.8) is 0 Å². The molecule has 1 aromatic carbocycles. The van der Waals surface area contributed by atoms with E-state index in [1.165, 1.54) is 6.92 Å². The lowest BCUT2D eigenvalue weighted by Crippen LogP contribution is -2.48. The standard InChI is InChI=1S/C17H22N2O4/c1-12(20)19-9-7-14(8-10-19)16(21)18-15(17(22)23)11-13-5-3-2-4-6-13/h2-6,14-15H,7-11H2,1H3,(H,18,21)(H,22,23)/t15-/m1/s1. The zero-order valence-corrected chi connectivity index (χ0v) is 13.2. The molecule has 1 atom stereocenters. The Labute approximate surface area is 135 Å². The lowest BCUT2D eigenvalue weighted by Gasteiger charge is -2.31. The second-order valence-electron chi connectivity index (χ2n) is 5.87. The van der Waals surface area contributed by atoms with Gasteiger partial charge >= 0.3 is 5.97 Å². The molecule has 1 aromatic rings. The fraction of sp³-hybridized carbons (Fsp3) is 0.471. The third kappa shape index (κ3) is 4.81. The van der Waals surface area contributed by atoms with Gasteiger partial charge in [0.25, 0.3) is 0 Å². The molecule has 1 fully saturated rings. The lowest BCUT2D eigenvalue weighted by molar-refractivity contribution is -0.142. The Morgan fingerprint density at radius 3 is 2.35 bits per heavy atom. The number of carboxylic acids is 1. The molecular weight excluding hydrogens is 296 g/mol. The fourth-order valence-corrected chi connectivity index (χ4v) is 2.80. The molecule has 6 nitrogen and oxygen atoms in total. The zero-order valence-electron chi connectivity index (χ0n) is 13.2. The van der Waals surface area contributed by atoms with E-state index in [1.54, 1.807) is 4.90 Å². The number of piperidine rings is 1. The van der Waals surface area contributed by atoms with Gasteiger partial charge in [-0.1, -0.05) is 30.3 Å². The first-order chi connectivity index (χ1) is 11.0. The number of hydrogen-bond donors (Lipinski definition) is 2. The molecule has 6 heteroatoms. The Balaban J connectivity index is 1.91. The predicted octanol–water partition coefficient (Wildman–Crippen LogP) is 1.06. The van der Waals surface area contributed by atoms with Gasteiger partial charge in [-0.2, -0.15) is 0 Å². The minimum absolute atomic E-state index is 0.0105. The number of nitrogens with zero attached hydrogens (tertiary/aromatic N) is 1. The van der Waals surface area contributed by atoms with Crippen LogP contribution in [0.5, 0.6) is 0 Å². The molecule has 23 heavy (non-hydrogen) atoms. The maximum Gasteiger partial charge on any atom is 0.326 e. The summed E-state index contributed by atoms with van der Waals surface area (Å²) in [7, 11) is 0. The summed E-state index contributed by atoms with van der Waals surface area (Å²) in [6.45, 7) is 2.61. The van der Waals surface area contributed by atoms with Crippen LogP contribution in [0.3, 0.4) is 0 Å². The largest absolute Gasteiger partial charge is 0.480 e. The topological polar surface area (TPSA) is 86.7 Å². The van der Waals surface area contributed by atoms with Crippen LogP contribution in [0.1, 0.15) is 25.3 Å². The molecule has 1 saturated heterocycles. The Hall–Kier alpha value is -2.37. The third-order valence-electron chi connectivity index (χ3n) is 4.21. The van der Waals surface area contributed by atoms with Crippen molar-refractivity contribution in [3.8, 4) is 0 Å². The van der Waals surface area contributed by atoms with E-state index in [0.717, 1.165) is 5.56 Å². The van der Waals surface area contributed by atoms with Gasteiger partial charge in [-0.15, -0.1) is 0 Å². The average Bonchev–Trinajstić information content (AvgIpc) is 2.55. The fourth-order valence-electron chi connectivity index (χ4n) is 2.80. The van der Waals surface area contributed by atoms with Gasteiger partial charge in [-0.3, -0.25) is 9.59 Å². The molecule has 0 unspecified atom stereocenters. The van der Waals surface area contributed by atoms with E-state index in [9.17, 15) is 19.5 Å². The number of amides is 2. The minimum atomic E-state index is -1.04. The Kier molecular flexibility index (Phi) is 5.73. The Morgan fingerprint density at radius 2 is 1.83 bits per heavy atom. The summed E-state index contributed by atoms with van der Waals surface area (Å²) >= 11 is 0. The highest BCUT2D eigenvalue weighted by molar-refractivity contribution is 5.85. The summed E-state index contributed by atoms with van der Waals surface area (Å²) in [6, 6.07) is 8.29. The number of likely N-dealkylation sites (tertiary alicyclic amines) is 1. The molecule has 0 radical (unpaired) electrons. The van der Waals surface area contributed by atoms with E-state index in [1.807, 2.05) is 30.3 Å². The van der Waals surface area contributed by atoms with Gasteiger partial charge in [0.2, 0.25) is 11.8 Å². The number of carbonyl (C=O) groups is 3. The number of hydrogen-bond acceptors (Lipinski definition) is 3. The van der Waals surface area contributed by atoms with E-state index in [4.69, 9.17) is 0 Å². The van der Waals surface area contributed by atoms with E-state index >= 15 is 0 Å². The normalized spacial score (nSPS) is 16.7. The van der Waals surface area contributed by atoms with Crippen LogP contribution in [0.2, 0.25) is 0 Å². The molecule has 1 heterocycles. The highest BCUT2D eigenvalue weighted by Crippen LogP contribution is 2.18. The van der Waals surface area contributed by atoms with Crippen molar-refractivity contribution < 1.29 is 19.5 Å². The smallest absolute Gasteiger partial charge is 0.326 e. The van der Waals surface area contributed by atoms with Crippen molar-refractivity contribution in [1.29, 1.82) is 0 Å². The van der Waals surface area contributed by atoms with Crippen LogP contribution < -0.4 is 5.32 Å². The minimum Gasteiger partial charge on any atom is -0.480 e. The molecule has 2 amide bonds. The van der Waals surface area contributed by atoms with E-state index in [0.29, 0.717) is 25.9 Å². The van der Waals surface area contributed by atoms with Crippen molar-refractivity contribution in [3.05, 3.63) is 35.9 Å². The van der Waals surface area contributed by atoms with Gasteiger partial charge in [-0.25, -0.2) is 4.79 Å². The van der Waals surface area contributed by atoms with Gasteiger partial charge in [0.1, 0.15) is 6.04 Å². The Bertz CT molecular complexity index is 565. The highest BCUT2D eigenvalue weighted by Gasteiger charge is 2.29. The van der Waals surface area contributed by atoms with Crippen LogP contribution in [-0.2, 0) is 20.8 Å². The summed E-state index contributed by atoms with van der Waals surface area (Å²) in [5.74, 6) is -1.50. The number of carboxylic acid groups (broad SMARTS) is 1. The first kappa shape index (κ1) is 17.0. The summed E-state index contributed by atoms with van der Waals surface area (Å²) in [5, 5.41) is 12.0. The van der Waals surface area contributed by atoms with Crippen LogP contribution in [0, 0.1) is 5.92 Å². The van der Waals surface area contributed by atoms with Crippen LogP contribution in [0.4, 0.5) is 0 Å². The molecule has 2 N–H and O–H groups in total. The van der Waals surface area contributed by atoms with Crippen LogP contribution in [0.25, 0.3) is 0 Å². The molecule has 124 valence electrons. The summed E-state index contributed by atoms with van der Waals surface area (Å²) in [6.07, 6.45) is 1.40. The van der Waals surface area contributed by atoms with Crippen molar-refractivity contribution >= 4 is 17.8 Å². The molecule has 0 bridgehead atoms. The molecule has 0 aromatic heterocycles. The molecule has 1 aliphatic rings.